The third kappa shape index (κ3) is 4.63. The van der Waals surface area contributed by atoms with Crippen LogP contribution < -0.4 is 9.44 Å². The third-order valence-corrected chi connectivity index (χ3v) is 8.12. The lowest BCUT2D eigenvalue weighted by atomic mass is 9.87. The molecule has 9 heteroatoms. The van der Waals surface area contributed by atoms with E-state index in [0.717, 1.165) is 37.2 Å². The smallest absolute Gasteiger partial charge is 0.277 e. The van der Waals surface area contributed by atoms with E-state index in [0.29, 0.717) is 18.7 Å². The monoisotopic (exact) mass is 476 g/mol. The van der Waals surface area contributed by atoms with E-state index in [4.69, 9.17) is 5.26 Å². The molecule has 2 aromatic carbocycles. The second-order valence-electron chi connectivity index (χ2n) is 9.31. The zero-order valence-corrected chi connectivity index (χ0v) is 19.9. The average Bonchev–Trinajstić information content (AvgIpc) is 3.39. The molecule has 1 unspecified atom stereocenters. The maximum atomic E-state index is 12.0. The molecule has 1 atom stereocenters. The summed E-state index contributed by atoms with van der Waals surface area (Å²) in [6.45, 7) is 4.73. The lowest BCUT2D eigenvalue weighted by Crippen LogP contribution is -2.53. The van der Waals surface area contributed by atoms with E-state index < -0.39 is 15.7 Å². The SMILES string of the molecule is Cc1cccc(C(c2cncn2Cc2ccc(C#N)cc2)N2CCC3(CC2)CNS(=O)(=O)N3)c1. The minimum Gasteiger partial charge on any atom is -0.328 e. The number of hydrogen-bond acceptors (Lipinski definition) is 5. The van der Waals surface area contributed by atoms with Gasteiger partial charge in [0.15, 0.2) is 0 Å². The third-order valence-electron chi connectivity index (χ3n) is 6.89. The van der Waals surface area contributed by atoms with Crippen molar-refractivity contribution in [3.63, 3.8) is 0 Å². The number of aryl methyl sites for hydroxylation is 1. The number of nitrogens with one attached hydrogen (secondary N) is 2. The molecule has 176 valence electrons. The van der Waals surface area contributed by atoms with Gasteiger partial charge < -0.3 is 4.57 Å². The molecule has 0 saturated carbocycles. The molecule has 1 aromatic heterocycles. The molecule has 2 aliphatic rings. The number of aromatic nitrogens is 2. The van der Waals surface area contributed by atoms with Crippen molar-refractivity contribution in [2.45, 2.75) is 37.9 Å². The van der Waals surface area contributed by atoms with Gasteiger partial charge in [0, 0.05) is 26.2 Å². The van der Waals surface area contributed by atoms with Crippen molar-refractivity contribution in [2.75, 3.05) is 19.6 Å². The summed E-state index contributed by atoms with van der Waals surface area (Å²) in [5, 5.41) is 9.09. The van der Waals surface area contributed by atoms with Crippen molar-refractivity contribution >= 4 is 10.2 Å². The van der Waals surface area contributed by atoms with Crippen LogP contribution in [-0.4, -0.2) is 48.0 Å². The zero-order valence-electron chi connectivity index (χ0n) is 19.1. The molecule has 2 fully saturated rings. The molecular weight excluding hydrogens is 448 g/mol. The van der Waals surface area contributed by atoms with Crippen molar-refractivity contribution in [3.05, 3.63) is 89.0 Å². The quantitative estimate of drug-likeness (QED) is 0.589. The highest BCUT2D eigenvalue weighted by Crippen LogP contribution is 2.35. The fourth-order valence-electron chi connectivity index (χ4n) is 5.06. The number of rotatable bonds is 5. The molecule has 2 N–H and O–H groups in total. The van der Waals surface area contributed by atoms with Gasteiger partial charge in [-0.3, -0.25) is 4.90 Å². The highest BCUT2D eigenvalue weighted by Gasteiger charge is 2.44. The maximum Gasteiger partial charge on any atom is 0.277 e. The van der Waals surface area contributed by atoms with Gasteiger partial charge in [-0.25, -0.2) is 9.71 Å². The number of nitriles is 1. The van der Waals surface area contributed by atoms with Gasteiger partial charge in [-0.2, -0.15) is 18.4 Å². The molecule has 0 aliphatic carbocycles. The first kappa shape index (κ1) is 22.7. The molecule has 8 nitrogen and oxygen atoms in total. The van der Waals surface area contributed by atoms with Gasteiger partial charge in [-0.1, -0.05) is 42.0 Å². The van der Waals surface area contributed by atoms with E-state index in [9.17, 15) is 8.42 Å². The van der Waals surface area contributed by atoms with Crippen LogP contribution in [0.1, 0.15) is 46.8 Å². The second-order valence-corrected chi connectivity index (χ2v) is 10.8. The summed E-state index contributed by atoms with van der Waals surface area (Å²) in [6, 6.07) is 18.4. The Hall–Kier alpha value is -3.03. The van der Waals surface area contributed by atoms with Gasteiger partial charge in [0.1, 0.15) is 0 Å². The van der Waals surface area contributed by atoms with Gasteiger partial charge in [0.05, 0.1) is 41.4 Å². The molecule has 2 saturated heterocycles. The molecule has 1 spiro atoms. The zero-order chi connectivity index (χ0) is 23.8. The average molecular weight is 477 g/mol. The van der Waals surface area contributed by atoms with Gasteiger partial charge >= 0.3 is 0 Å². The Morgan fingerprint density at radius 3 is 2.59 bits per heavy atom. The van der Waals surface area contributed by atoms with Crippen molar-refractivity contribution in [1.82, 2.24) is 23.9 Å². The minimum absolute atomic E-state index is 0.00380. The fraction of sp³-hybridized carbons (Fsp3) is 0.360. The highest BCUT2D eigenvalue weighted by atomic mass is 32.2. The number of hydrogen-bond donors (Lipinski definition) is 2. The normalized spacial score (nSPS) is 20.2. The Bertz CT molecular complexity index is 1320. The standard InChI is InChI=1S/C25H28N6O2S/c1-19-3-2-4-22(13-19)24(30-11-9-25(10-12-30)17-28-34(32,33)29-25)23-15-27-18-31(23)16-21-7-5-20(14-26)6-8-21/h2-8,13,15,18,24,28-29H,9-12,16-17H2,1H3. The van der Waals surface area contributed by atoms with Crippen molar-refractivity contribution in [2.24, 2.45) is 0 Å². The van der Waals surface area contributed by atoms with Crippen molar-refractivity contribution in [1.29, 1.82) is 5.26 Å². The van der Waals surface area contributed by atoms with Crippen LogP contribution in [0.3, 0.4) is 0 Å². The van der Waals surface area contributed by atoms with Crippen LogP contribution >= 0.6 is 0 Å². The second kappa shape index (κ2) is 8.96. The van der Waals surface area contributed by atoms with Crippen LogP contribution in [0.5, 0.6) is 0 Å². The Morgan fingerprint density at radius 1 is 1.18 bits per heavy atom. The summed E-state index contributed by atoms with van der Waals surface area (Å²) >= 11 is 0. The summed E-state index contributed by atoms with van der Waals surface area (Å²) in [7, 11) is -3.39. The summed E-state index contributed by atoms with van der Waals surface area (Å²) in [5.41, 5.74) is 4.83. The first-order valence-electron chi connectivity index (χ1n) is 11.4. The van der Waals surface area contributed by atoms with Crippen LogP contribution in [0, 0.1) is 18.3 Å². The van der Waals surface area contributed by atoms with Crippen molar-refractivity contribution in [3.8, 4) is 6.07 Å². The van der Waals surface area contributed by atoms with Crippen LogP contribution in [0.25, 0.3) is 0 Å². The Labute approximate surface area is 200 Å². The van der Waals surface area contributed by atoms with Gasteiger partial charge in [0.2, 0.25) is 0 Å². The summed E-state index contributed by atoms with van der Waals surface area (Å²) < 4.78 is 31.5. The van der Waals surface area contributed by atoms with Crippen molar-refractivity contribution < 1.29 is 8.42 Å². The summed E-state index contributed by atoms with van der Waals surface area (Å²) in [5.74, 6) is 0. The fourth-order valence-corrected chi connectivity index (χ4v) is 6.45. The van der Waals surface area contributed by atoms with Gasteiger partial charge in [-0.15, -0.1) is 0 Å². The van der Waals surface area contributed by atoms with E-state index in [1.165, 1.54) is 11.1 Å². The summed E-state index contributed by atoms with van der Waals surface area (Å²) in [4.78, 5) is 6.92. The molecule has 3 heterocycles. The molecule has 0 radical (unpaired) electrons. The first-order valence-corrected chi connectivity index (χ1v) is 12.9. The molecular formula is C25H28N6O2S. The lowest BCUT2D eigenvalue weighted by molar-refractivity contribution is 0.128. The van der Waals surface area contributed by atoms with Crippen LogP contribution in [-0.2, 0) is 16.8 Å². The van der Waals surface area contributed by atoms with Crippen LogP contribution in [0.4, 0.5) is 0 Å². The summed E-state index contributed by atoms with van der Waals surface area (Å²) in [6.07, 6.45) is 5.27. The Morgan fingerprint density at radius 2 is 1.94 bits per heavy atom. The van der Waals surface area contributed by atoms with E-state index in [-0.39, 0.29) is 6.04 Å². The van der Waals surface area contributed by atoms with Crippen LogP contribution in [0.15, 0.2) is 61.1 Å². The topological polar surface area (TPSA) is 103 Å². The van der Waals surface area contributed by atoms with Gasteiger partial charge in [0.25, 0.3) is 10.2 Å². The highest BCUT2D eigenvalue weighted by molar-refractivity contribution is 7.87. The molecule has 5 rings (SSSR count). The minimum atomic E-state index is -3.39. The van der Waals surface area contributed by atoms with E-state index in [1.807, 2.05) is 36.8 Å². The van der Waals surface area contributed by atoms with Gasteiger partial charge in [-0.05, 0) is 43.0 Å². The number of nitrogens with zero attached hydrogens (tertiary/aromatic N) is 4. The lowest BCUT2D eigenvalue weighted by Gasteiger charge is -2.42. The van der Waals surface area contributed by atoms with E-state index in [2.05, 4.69) is 61.2 Å². The maximum absolute atomic E-state index is 12.0. The first-order chi connectivity index (χ1) is 16.4. The van der Waals surface area contributed by atoms with E-state index in [1.54, 1.807) is 0 Å². The largest absolute Gasteiger partial charge is 0.328 e. The molecule has 2 aliphatic heterocycles. The molecule has 3 aromatic rings. The number of likely N-dealkylation sites (tertiary alicyclic amines) is 1. The predicted molar refractivity (Wildman–Crippen MR) is 129 cm³/mol. The Kier molecular flexibility index (Phi) is 6.00. The number of imidazole rings is 1. The van der Waals surface area contributed by atoms with Crippen LogP contribution in [0.2, 0.25) is 0 Å². The predicted octanol–water partition coefficient (Wildman–Crippen LogP) is 2.47. The molecule has 34 heavy (non-hydrogen) atoms. The molecule has 0 amide bonds. The van der Waals surface area contributed by atoms with E-state index >= 15 is 0 Å². The number of benzene rings is 2. The Balaban J connectivity index is 1.44. The molecule has 0 bridgehead atoms. The number of piperidine rings is 1.